The number of carbonyl (C=O) groups excluding carboxylic acids is 1. The van der Waals surface area contributed by atoms with Crippen LogP contribution in [0.4, 0.5) is 10.5 Å². The number of carboxylic acids is 1. The highest BCUT2D eigenvalue weighted by molar-refractivity contribution is 5.99. The summed E-state index contributed by atoms with van der Waals surface area (Å²) < 4.78 is 0. The first-order chi connectivity index (χ1) is 7.89. The number of hydrogen-bond acceptors (Lipinski definition) is 2. The monoisotopic (exact) mass is 237 g/mol. The summed E-state index contributed by atoms with van der Waals surface area (Å²) in [5.74, 6) is -1.09. The van der Waals surface area contributed by atoms with Crippen molar-refractivity contribution in [1.82, 2.24) is 10.3 Å². The van der Waals surface area contributed by atoms with Crippen LogP contribution >= 0.6 is 0 Å². The second-order valence-corrected chi connectivity index (χ2v) is 4.69. The molecule has 0 unspecified atom stereocenters. The number of rotatable bonds is 3. The number of hydrogen-bond donors (Lipinski definition) is 4. The fraction of sp³-hybridized carbons (Fsp3) is 0.455. The van der Waals surface area contributed by atoms with Gasteiger partial charge in [-0.05, 0) is 32.8 Å². The third-order valence-corrected chi connectivity index (χ3v) is 2.83. The van der Waals surface area contributed by atoms with Crippen LogP contribution in [0.3, 0.4) is 0 Å². The van der Waals surface area contributed by atoms with Crippen molar-refractivity contribution in [2.45, 2.75) is 32.2 Å². The van der Waals surface area contributed by atoms with E-state index in [2.05, 4.69) is 15.6 Å². The van der Waals surface area contributed by atoms with Crippen LogP contribution in [-0.4, -0.2) is 27.6 Å². The fourth-order valence-electron chi connectivity index (χ4n) is 1.60. The molecule has 1 aliphatic rings. The molecule has 1 aliphatic carbocycles. The highest BCUT2D eigenvalue weighted by Gasteiger charge is 2.38. The van der Waals surface area contributed by atoms with E-state index in [4.69, 9.17) is 5.11 Å². The molecule has 4 N–H and O–H groups in total. The molecule has 1 aromatic heterocycles. The lowest BCUT2D eigenvalue weighted by Crippen LogP contribution is -2.37. The Kier molecular flexibility index (Phi) is 2.57. The Balaban J connectivity index is 2.07. The van der Waals surface area contributed by atoms with E-state index >= 15 is 0 Å². The van der Waals surface area contributed by atoms with E-state index in [1.807, 2.05) is 6.92 Å². The lowest BCUT2D eigenvalue weighted by atomic mass is 10.3. The highest BCUT2D eigenvalue weighted by atomic mass is 16.4. The lowest BCUT2D eigenvalue weighted by Gasteiger charge is -2.12. The van der Waals surface area contributed by atoms with Crippen LogP contribution in [-0.2, 0) is 0 Å². The molecule has 0 spiro atoms. The third kappa shape index (κ3) is 2.58. The van der Waals surface area contributed by atoms with Gasteiger partial charge in [0.25, 0.3) is 0 Å². The van der Waals surface area contributed by atoms with Crippen LogP contribution in [0.5, 0.6) is 0 Å². The molecule has 0 radical (unpaired) electrons. The van der Waals surface area contributed by atoms with Gasteiger partial charge in [-0.1, -0.05) is 0 Å². The number of carboxylic acid groups (broad SMARTS) is 1. The van der Waals surface area contributed by atoms with E-state index in [1.165, 1.54) is 0 Å². The van der Waals surface area contributed by atoms with Crippen LogP contribution in [0.2, 0.25) is 0 Å². The highest BCUT2D eigenvalue weighted by Crippen LogP contribution is 2.34. The normalized spacial score (nSPS) is 16.4. The van der Waals surface area contributed by atoms with Crippen LogP contribution in [0, 0.1) is 6.92 Å². The standard InChI is InChI=1S/C11H15N3O3/c1-6-5-7(8(12-6)9(15)16)13-10(17)14-11(2)3-4-11/h5,12H,3-4H2,1-2H3,(H,15,16)(H2,13,14,17). The minimum absolute atomic E-state index is 0.00130. The summed E-state index contributed by atoms with van der Waals surface area (Å²) in [6, 6.07) is 1.23. The number of anilines is 1. The number of aromatic carboxylic acids is 1. The van der Waals surface area contributed by atoms with E-state index in [0.29, 0.717) is 5.69 Å². The summed E-state index contributed by atoms with van der Waals surface area (Å²) >= 11 is 0. The molecule has 2 amide bonds. The topological polar surface area (TPSA) is 94.2 Å². The molecule has 0 atom stereocenters. The van der Waals surface area contributed by atoms with Crippen molar-refractivity contribution in [1.29, 1.82) is 0 Å². The van der Waals surface area contributed by atoms with Crippen molar-refractivity contribution in [3.8, 4) is 0 Å². The van der Waals surface area contributed by atoms with Gasteiger partial charge in [0.05, 0.1) is 5.69 Å². The Morgan fingerprint density at radius 1 is 1.47 bits per heavy atom. The van der Waals surface area contributed by atoms with Crippen LogP contribution in [0.25, 0.3) is 0 Å². The van der Waals surface area contributed by atoms with E-state index in [-0.39, 0.29) is 23.0 Å². The number of carbonyl (C=O) groups is 2. The fourth-order valence-corrected chi connectivity index (χ4v) is 1.60. The van der Waals surface area contributed by atoms with Gasteiger partial charge in [0.15, 0.2) is 0 Å². The predicted molar refractivity (Wildman–Crippen MR) is 62.3 cm³/mol. The smallest absolute Gasteiger partial charge is 0.354 e. The van der Waals surface area contributed by atoms with Gasteiger partial charge in [-0.15, -0.1) is 0 Å². The summed E-state index contributed by atoms with van der Waals surface area (Å²) in [6.45, 7) is 3.69. The quantitative estimate of drug-likeness (QED) is 0.644. The zero-order valence-electron chi connectivity index (χ0n) is 9.76. The second kappa shape index (κ2) is 3.80. The van der Waals surface area contributed by atoms with Gasteiger partial charge >= 0.3 is 12.0 Å². The molecule has 1 saturated carbocycles. The molecule has 0 aliphatic heterocycles. The van der Waals surface area contributed by atoms with Crippen molar-refractivity contribution in [3.63, 3.8) is 0 Å². The Labute approximate surface area is 98.4 Å². The maximum absolute atomic E-state index is 11.6. The van der Waals surface area contributed by atoms with Crippen LogP contribution in [0.1, 0.15) is 35.9 Å². The summed E-state index contributed by atoms with van der Waals surface area (Å²) in [4.78, 5) is 25.2. The molecule has 0 bridgehead atoms. The van der Waals surface area contributed by atoms with Gasteiger partial charge in [-0.25, -0.2) is 9.59 Å². The van der Waals surface area contributed by atoms with Crippen molar-refractivity contribution in [2.24, 2.45) is 0 Å². The van der Waals surface area contributed by atoms with E-state index in [9.17, 15) is 9.59 Å². The molecule has 1 heterocycles. The molecule has 17 heavy (non-hydrogen) atoms. The number of aromatic nitrogens is 1. The van der Waals surface area contributed by atoms with Crippen molar-refractivity contribution >= 4 is 17.7 Å². The van der Waals surface area contributed by atoms with Gasteiger partial charge < -0.3 is 20.7 Å². The average Bonchev–Trinajstić information content (AvgIpc) is 2.78. The van der Waals surface area contributed by atoms with Gasteiger partial charge in [-0.2, -0.15) is 0 Å². The largest absolute Gasteiger partial charge is 0.477 e. The lowest BCUT2D eigenvalue weighted by molar-refractivity contribution is 0.0692. The Hall–Kier alpha value is -1.98. The van der Waals surface area contributed by atoms with E-state index in [1.54, 1.807) is 13.0 Å². The molecule has 92 valence electrons. The number of urea groups is 1. The Morgan fingerprint density at radius 2 is 2.12 bits per heavy atom. The summed E-state index contributed by atoms with van der Waals surface area (Å²) in [7, 11) is 0. The second-order valence-electron chi connectivity index (χ2n) is 4.69. The average molecular weight is 237 g/mol. The zero-order chi connectivity index (χ0) is 12.6. The van der Waals surface area contributed by atoms with Crippen molar-refractivity contribution < 1.29 is 14.7 Å². The Bertz CT molecular complexity index is 474. The number of amides is 2. The summed E-state index contributed by atoms with van der Waals surface area (Å²) in [5, 5.41) is 14.3. The van der Waals surface area contributed by atoms with Gasteiger partial charge in [0, 0.05) is 11.2 Å². The first-order valence-corrected chi connectivity index (χ1v) is 5.42. The van der Waals surface area contributed by atoms with E-state index in [0.717, 1.165) is 12.8 Å². The number of nitrogens with one attached hydrogen (secondary N) is 3. The molecule has 0 aromatic carbocycles. The molecule has 6 nitrogen and oxygen atoms in total. The minimum Gasteiger partial charge on any atom is -0.477 e. The van der Waals surface area contributed by atoms with Crippen molar-refractivity contribution in [3.05, 3.63) is 17.5 Å². The van der Waals surface area contributed by atoms with Gasteiger partial charge in [0.2, 0.25) is 0 Å². The molecular weight excluding hydrogens is 222 g/mol. The van der Waals surface area contributed by atoms with Gasteiger partial charge in [-0.3, -0.25) is 0 Å². The summed E-state index contributed by atoms with van der Waals surface area (Å²) in [6.07, 6.45) is 1.91. The van der Waals surface area contributed by atoms with Crippen LogP contribution < -0.4 is 10.6 Å². The van der Waals surface area contributed by atoms with Gasteiger partial charge in [0.1, 0.15) is 5.69 Å². The summed E-state index contributed by atoms with van der Waals surface area (Å²) in [5.41, 5.74) is 0.851. The maximum Gasteiger partial charge on any atom is 0.354 e. The first-order valence-electron chi connectivity index (χ1n) is 5.42. The maximum atomic E-state index is 11.6. The third-order valence-electron chi connectivity index (χ3n) is 2.83. The molecule has 6 heteroatoms. The van der Waals surface area contributed by atoms with Crippen molar-refractivity contribution in [2.75, 3.05) is 5.32 Å². The molecular formula is C11H15N3O3. The first kappa shape index (κ1) is 11.5. The predicted octanol–water partition coefficient (Wildman–Crippen LogP) is 1.70. The Morgan fingerprint density at radius 3 is 2.65 bits per heavy atom. The number of aromatic amines is 1. The van der Waals surface area contributed by atoms with Crippen LogP contribution in [0.15, 0.2) is 6.07 Å². The van der Waals surface area contributed by atoms with E-state index < -0.39 is 5.97 Å². The number of aryl methyl sites for hydroxylation is 1. The SMILES string of the molecule is Cc1cc(NC(=O)NC2(C)CC2)c(C(=O)O)[nH]1. The molecule has 0 saturated heterocycles. The number of H-pyrrole nitrogens is 1. The minimum atomic E-state index is -1.09. The zero-order valence-corrected chi connectivity index (χ0v) is 9.76. The molecule has 2 rings (SSSR count). The molecule has 1 fully saturated rings. The molecule has 1 aromatic rings.